The van der Waals surface area contributed by atoms with E-state index in [1.54, 1.807) is 0 Å². The van der Waals surface area contributed by atoms with Crippen molar-refractivity contribution in [1.82, 2.24) is 5.32 Å². The normalized spacial score (nSPS) is 13.7. The lowest BCUT2D eigenvalue weighted by atomic mass is 9.86. The van der Waals surface area contributed by atoms with Gasteiger partial charge in [-0.3, -0.25) is 0 Å². The fourth-order valence-electron chi connectivity index (χ4n) is 2.66. The second-order valence-corrected chi connectivity index (χ2v) is 8.43. The Labute approximate surface area is 119 Å². The van der Waals surface area contributed by atoms with Gasteiger partial charge < -0.3 is 5.32 Å². The van der Waals surface area contributed by atoms with Gasteiger partial charge in [-0.05, 0) is 57.6 Å². The SMILES string of the molecule is CC(C)(C)Cc1ccc(C(C)(C)NC(C)(C)C)cc1. The summed E-state index contributed by atoms with van der Waals surface area (Å²) in [5, 5.41) is 3.68. The summed E-state index contributed by atoms with van der Waals surface area (Å²) >= 11 is 0. The molecule has 0 atom stereocenters. The van der Waals surface area contributed by atoms with Crippen LogP contribution in [0.4, 0.5) is 0 Å². The highest BCUT2D eigenvalue weighted by molar-refractivity contribution is 5.28. The molecule has 19 heavy (non-hydrogen) atoms. The largest absolute Gasteiger partial charge is 0.303 e. The molecule has 1 heteroatoms. The highest BCUT2D eigenvalue weighted by atomic mass is 15.0. The topological polar surface area (TPSA) is 12.0 Å². The van der Waals surface area contributed by atoms with Crippen LogP contribution in [0.5, 0.6) is 0 Å². The molecule has 0 aliphatic rings. The first-order valence-electron chi connectivity index (χ1n) is 7.28. The molecule has 1 rings (SSSR count). The van der Waals surface area contributed by atoms with Gasteiger partial charge in [-0.2, -0.15) is 0 Å². The predicted molar refractivity (Wildman–Crippen MR) is 85.5 cm³/mol. The van der Waals surface area contributed by atoms with Gasteiger partial charge in [-0.25, -0.2) is 0 Å². The Balaban J connectivity index is 2.86. The highest BCUT2D eigenvalue weighted by Gasteiger charge is 2.25. The summed E-state index contributed by atoms with van der Waals surface area (Å²) in [4.78, 5) is 0. The third-order valence-corrected chi connectivity index (χ3v) is 3.10. The zero-order valence-corrected chi connectivity index (χ0v) is 14.0. The Kier molecular flexibility index (Phi) is 4.51. The van der Waals surface area contributed by atoms with Crippen molar-refractivity contribution in [3.63, 3.8) is 0 Å². The number of benzene rings is 1. The smallest absolute Gasteiger partial charge is 0.0381 e. The zero-order valence-electron chi connectivity index (χ0n) is 14.0. The van der Waals surface area contributed by atoms with Gasteiger partial charge in [0.15, 0.2) is 0 Å². The Bertz CT molecular complexity index is 399. The molecule has 0 bridgehead atoms. The third kappa shape index (κ3) is 5.78. The monoisotopic (exact) mass is 261 g/mol. The van der Waals surface area contributed by atoms with Crippen LogP contribution in [0.15, 0.2) is 24.3 Å². The van der Waals surface area contributed by atoms with Crippen molar-refractivity contribution in [3.05, 3.63) is 35.4 Å². The highest BCUT2D eigenvalue weighted by Crippen LogP contribution is 2.26. The van der Waals surface area contributed by atoms with Crippen molar-refractivity contribution in [2.45, 2.75) is 72.9 Å². The molecule has 0 aromatic heterocycles. The molecule has 0 radical (unpaired) electrons. The summed E-state index contributed by atoms with van der Waals surface area (Å²) in [6.45, 7) is 18.0. The lowest BCUT2D eigenvalue weighted by Gasteiger charge is -2.35. The molecule has 1 N–H and O–H groups in total. The maximum Gasteiger partial charge on any atom is 0.0381 e. The van der Waals surface area contributed by atoms with Gasteiger partial charge in [-0.15, -0.1) is 0 Å². The molecule has 0 fully saturated rings. The number of nitrogens with one attached hydrogen (secondary N) is 1. The lowest BCUT2D eigenvalue weighted by molar-refractivity contribution is 0.286. The molecule has 0 amide bonds. The van der Waals surface area contributed by atoms with Crippen LogP contribution in [-0.4, -0.2) is 5.54 Å². The van der Waals surface area contributed by atoms with E-state index in [0.29, 0.717) is 5.41 Å². The van der Waals surface area contributed by atoms with Gasteiger partial charge in [0.05, 0.1) is 0 Å². The minimum atomic E-state index is -0.00148. The van der Waals surface area contributed by atoms with Gasteiger partial charge in [0.2, 0.25) is 0 Å². The first kappa shape index (κ1) is 16.2. The van der Waals surface area contributed by atoms with Crippen molar-refractivity contribution in [1.29, 1.82) is 0 Å². The molecule has 1 aromatic rings. The van der Waals surface area contributed by atoms with Crippen LogP contribution in [0, 0.1) is 5.41 Å². The van der Waals surface area contributed by atoms with Crippen LogP contribution in [0.25, 0.3) is 0 Å². The molecular weight excluding hydrogens is 230 g/mol. The Morgan fingerprint density at radius 1 is 0.789 bits per heavy atom. The Hall–Kier alpha value is -0.820. The van der Waals surface area contributed by atoms with Crippen LogP contribution in [0.2, 0.25) is 0 Å². The fraction of sp³-hybridized carbons (Fsp3) is 0.667. The molecule has 1 aromatic carbocycles. The van der Waals surface area contributed by atoms with Crippen molar-refractivity contribution in [2.75, 3.05) is 0 Å². The van der Waals surface area contributed by atoms with Crippen molar-refractivity contribution in [2.24, 2.45) is 5.41 Å². The first-order valence-corrected chi connectivity index (χ1v) is 7.28. The third-order valence-electron chi connectivity index (χ3n) is 3.10. The maximum atomic E-state index is 3.68. The van der Waals surface area contributed by atoms with Gasteiger partial charge in [0.25, 0.3) is 0 Å². The van der Waals surface area contributed by atoms with E-state index < -0.39 is 0 Å². The second kappa shape index (κ2) is 5.28. The van der Waals surface area contributed by atoms with E-state index in [1.807, 2.05) is 0 Å². The van der Waals surface area contributed by atoms with Crippen LogP contribution < -0.4 is 5.32 Å². The maximum absolute atomic E-state index is 3.68. The van der Waals surface area contributed by atoms with E-state index in [0.717, 1.165) is 6.42 Å². The number of rotatable bonds is 3. The molecule has 0 saturated heterocycles. The van der Waals surface area contributed by atoms with E-state index >= 15 is 0 Å². The molecule has 0 spiro atoms. The number of hydrogen-bond acceptors (Lipinski definition) is 1. The van der Waals surface area contributed by atoms with Crippen LogP contribution in [0.3, 0.4) is 0 Å². The van der Waals surface area contributed by atoms with E-state index in [2.05, 4.69) is 85.0 Å². The van der Waals surface area contributed by atoms with Gasteiger partial charge in [0, 0.05) is 11.1 Å². The average molecular weight is 261 g/mol. The Morgan fingerprint density at radius 2 is 1.26 bits per heavy atom. The minimum absolute atomic E-state index is 0.00148. The standard InChI is InChI=1S/C18H31N/c1-16(2,3)13-14-9-11-15(12-10-14)18(7,8)19-17(4,5)6/h9-12,19H,13H2,1-8H3. The summed E-state index contributed by atoms with van der Waals surface area (Å²) in [6, 6.07) is 9.07. The molecule has 0 aliphatic carbocycles. The predicted octanol–water partition coefficient (Wildman–Crippen LogP) is 4.90. The molecule has 0 heterocycles. The molecule has 1 nitrogen and oxygen atoms in total. The van der Waals surface area contributed by atoms with E-state index in [9.17, 15) is 0 Å². The summed E-state index contributed by atoms with van der Waals surface area (Å²) in [6.07, 6.45) is 1.13. The van der Waals surface area contributed by atoms with Gasteiger partial charge in [0.1, 0.15) is 0 Å². The summed E-state index contributed by atoms with van der Waals surface area (Å²) < 4.78 is 0. The molecular formula is C18H31N. The van der Waals surface area contributed by atoms with Gasteiger partial charge >= 0.3 is 0 Å². The second-order valence-electron chi connectivity index (χ2n) is 8.43. The molecule has 108 valence electrons. The summed E-state index contributed by atoms with van der Waals surface area (Å²) in [7, 11) is 0. The van der Waals surface area contributed by atoms with E-state index in [4.69, 9.17) is 0 Å². The first-order chi connectivity index (χ1) is 8.39. The molecule has 0 saturated carbocycles. The van der Waals surface area contributed by atoms with E-state index in [-0.39, 0.29) is 11.1 Å². The summed E-state index contributed by atoms with van der Waals surface area (Å²) in [5.74, 6) is 0. The minimum Gasteiger partial charge on any atom is -0.303 e. The molecule has 0 aliphatic heterocycles. The zero-order chi connectivity index (χ0) is 14.9. The van der Waals surface area contributed by atoms with Crippen molar-refractivity contribution >= 4 is 0 Å². The fourth-order valence-corrected chi connectivity index (χ4v) is 2.66. The molecule has 0 unspecified atom stereocenters. The van der Waals surface area contributed by atoms with E-state index in [1.165, 1.54) is 11.1 Å². The van der Waals surface area contributed by atoms with Crippen molar-refractivity contribution in [3.8, 4) is 0 Å². The van der Waals surface area contributed by atoms with Crippen LogP contribution in [0.1, 0.15) is 66.5 Å². The Morgan fingerprint density at radius 3 is 1.63 bits per heavy atom. The van der Waals surface area contributed by atoms with Crippen molar-refractivity contribution < 1.29 is 0 Å². The van der Waals surface area contributed by atoms with Gasteiger partial charge in [-0.1, -0.05) is 45.0 Å². The van der Waals surface area contributed by atoms with Crippen LogP contribution in [-0.2, 0) is 12.0 Å². The lowest BCUT2D eigenvalue weighted by Crippen LogP contribution is -2.48. The average Bonchev–Trinajstić information content (AvgIpc) is 2.11. The quantitative estimate of drug-likeness (QED) is 0.816. The van der Waals surface area contributed by atoms with Crippen LogP contribution >= 0.6 is 0 Å². The summed E-state index contributed by atoms with van der Waals surface area (Å²) in [5.41, 5.74) is 3.23. The number of hydrogen-bond donors (Lipinski definition) is 1.